The lowest BCUT2D eigenvalue weighted by Crippen LogP contribution is -2.04. The van der Waals surface area contributed by atoms with Gasteiger partial charge < -0.3 is 21.1 Å². The van der Waals surface area contributed by atoms with Crippen LogP contribution in [0.4, 0.5) is 0 Å². The summed E-state index contributed by atoms with van der Waals surface area (Å²) in [5, 5.41) is 27.3. The zero-order valence-corrected chi connectivity index (χ0v) is 6.65. The zero-order valence-electron chi connectivity index (χ0n) is 6.65. The van der Waals surface area contributed by atoms with Crippen molar-refractivity contribution in [3.63, 3.8) is 0 Å². The highest BCUT2D eigenvalue weighted by Crippen LogP contribution is 2.38. The first-order chi connectivity index (χ1) is 5.54. The van der Waals surface area contributed by atoms with Gasteiger partial charge in [0.2, 0.25) is 5.75 Å². The molecule has 5 N–H and O–H groups in total. The fourth-order valence-corrected chi connectivity index (χ4v) is 0.952. The van der Waals surface area contributed by atoms with Gasteiger partial charge in [0.25, 0.3) is 0 Å². The Morgan fingerprint density at radius 3 is 2.25 bits per heavy atom. The van der Waals surface area contributed by atoms with Gasteiger partial charge in [0.15, 0.2) is 11.5 Å². The van der Waals surface area contributed by atoms with Gasteiger partial charge >= 0.3 is 0 Å². The van der Waals surface area contributed by atoms with Crippen molar-refractivity contribution in [1.29, 1.82) is 0 Å². The first kappa shape index (κ1) is 8.67. The Kier molecular flexibility index (Phi) is 2.10. The van der Waals surface area contributed by atoms with Crippen molar-refractivity contribution in [2.75, 3.05) is 0 Å². The van der Waals surface area contributed by atoms with Crippen molar-refractivity contribution in [3.05, 3.63) is 17.7 Å². The van der Waals surface area contributed by atoms with Gasteiger partial charge in [-0.25, -0.2) is 0 Å². The summed E-state index contributed by atoms with van der Waals surface area (Å²) in [6.07, 6.45) is 0. The average molecular weight is 169 g/mol. The molecular formula is C8H11NO3. The van der Waals surface area contributed by atoms with Crippen molar-refractivity contribution in [2.24, 2.45) is 5.73 Å². The quantitative estimate of drug-likeness (QED) is 0.469. The maximum absolute atomic E-state index is 9.26. The standard InChI is InChI=1S/C8H11NO3/c1-4(9)5-2-3-6(10)8(12)7(5)11/h2-4,10-12H,9H2,1H3/t4-/m0/s1. The van der Waals surface area contributed by atoms with Crippen LogP contribution in [-0.4, -0.2) is 15.3 Å². The molecule has 0 saturated heterocycles. The first-order valence-corrected chi connectivity index (χ1v) is 3.53. The molecule has 1 aromatic carbocycles. The van der Waals surface area contributed by atoms with Crippen LogP contribution in [0.5, 0.6) is 17.2 Å². The number of aromatic hydroxyl groups is 3. The molecule has 4 heteroatoms. The third-order valence-electron chi connectivity index (χ3n) is 1.65. The van der Waals surface area contributed by atoms with E-state index in [-0.39, 0.29) is 17.5 Å². The summed E-state index contributed by atoms with van der Waals surface area (Å²) in [6, 6.07) is 2.37. The summed E-state index contributed by atoms with van der Waals surface area (Å²) >= 11 is 0. The van der Waals surface area contributed by atoms with E-state index in [0.717, 1.165) is 0 Å². The molecule has 0 bridgehead atoms. The summed E-state index contributed by atoms with van der Waals surface area (Å²) in [5.41, 5.74) is 5.89. The van der Waals surface area contributed by atoms with Gasteiger partial charge in [0.1, 0.15) is 0 Å². The van der Waals surface area contributed by atoms with Crippen molar-refractivity contribution in [3.8, 4) is 17.2 Å². The molecule has 1 rings (SSSR count). The summed E-state index contributed by atoms with van der Waals surface area (Å²) in [6.45, 7) is 1.67. The van der Waals surface area contributed by atoms with Crippen LogP contribution in [0, 0.1) is 0 Å². The predicted molar refractivity (Wildman–Crippen MR) is 44.0 cm³/mol. The van der Waals surface area contributed by atoms with Crippen molar-refractivity contribution >= 4 is 0 Å². The molecule has 4 nitrogen and oxygen atoms in total. The van der Waals surface area contributed by atoms with Crippen molar-refractivity contribution in [1.82, 2.24) is 0 Å². The summed E-state index contributed by atoms with van der Waals surface area (Å²) in [4.78, 5) is 0. The fourth-order valence-electron chi connectivity index (χ4n) is 0.952. The molecule has 0 aliphatic rings. The molecule has 0 heterocycles. The number of rotatable bonds is 1. The van der Waals surface area contributed by atoms with E-state index in [2.05, 4.69) is 0 Å². The SMILES string of the molecule is C[C@H](N)c1ccc(O)c(O)c1O. The van der Waals surface area contributed by atoms with E-state index in [9.17, 15) is 5.11 Å². The molecule has 0 aliphatic heterocycles. The number of nitrogens with two attached hydrogens (primary N) is 1. The molecule has 0 aromatic heterocycles. The van der Waals surface area contributed by atoms with Gasteiger partial charge in [-0.2, -0.15) is 0 Å². The van der Waals surface area contributed by atoms with Crippen molar-refractivity contribution in [2.45, 2.75) is 13.0 Å². The molecule has 0 radical (unpaired) electrons. The van der Waals surface area contributed by atoms with E-state index in [0.29, 0.717) is 5.56 Å². The molecule has 12 heavy (non-hydrogen) atoms. The molecule has 66 valence electrons. The van der Waals surface area contributed by atoms with Crippen molar-refractivity contribution < 1.29 is 15.3 Å². The first-order valence-electron chi connectivity index (χ1n) is 3.53. The fraction of sp³-hybridized carbons (Fsp3) is 0.250. The minimum atomic E-state index is -0.523. The van der Waals surface area contributed by atoms with Crippen LogP contribution < -0.4 is 5.73 Å². The Hall–Kier alpha value is -1.42. The van der Waals surface area contributed by atoms with Crippen LogP contribution in [0.1, 0.15) is 18.5 Å². The minimum Gasteiger partial charge on any atom is -0.504 e. The van der Waals surface area contributed by atoms with Crippen LogP contribution in [0.2, 0.25) is 0 Å². The number of hydrogen-bond acceptors (Lipinski definition) is 4. The second-order valence-electron chi connectivity index (χ2n) is 2.66. The number of benzene rings is 1. The Bertz CT molecular complexity index is 297. The molecule has 1 aromatic rings. The lowest BCUT2D eigenvalue weighted by atomic mass is 10.1. The van der Waals surface area contributed by atoms with Gasteiger partial charge in [-0.3, -0.25) is 0 Å². The molecule has 0 spiro atoms. The normalized spacial score (nSPS) is 12.8. The second-order valence-corrected chi connectivity index (χ2v) is 2.66. The Morgan fingerprint density at radius 1 is 1.17 bits per heavy atom. The highest BCUT2D eigenvalue weighted by molar-refractivity contribution is 5.53. The van der Waals surface area contributed by atoms with Gasteiger partial charge in [-0.05, 0) is 19.1 Å². The lowest BCUT2D eigenvalue weighted by Gasteiger charge is -2.09. The molecular weight excluding hydrogens is 158 g/mol. The lowest BCUT2D eigenvalue weighted by molar-refractivity contribution is 0.363. The van der Waals surface area contributed by atoms with E-state index >= 15 is 0 Å². The second kappa shape index (κ2) is 2.91. The van der Waals surface area contributed by atoms with Gasteiger partial charge in [-0.1, -0.05) is 0 Å². The third-order valence-corrected chi connectivity index (χ3v) is 1.65. The third kappa shape index (κ3) is 1.29. The summed E-state index contributed by atoms with van der Waals surface area (Å²) < 4.78 is 0. The van der Waals surface area contributed by atoms with Crippen LogP contribution in [-0.2, 0) is 0 Å². The van der Waals surface area contributed by atoms with Crippen LogP contribution >= 0.6 is 0 Å². The maximum Gasteiger partial charge on any atom is 0.200 e. The highest BCUT2D eigenvalue weighted by Gasteiger charge is 2.12. The number of hydrogen-bond donors (Lipinski definition) is 4. The van der Waals surface area contributed by atoms with Crippen LogP contribution in [0.15, 0.2) is 12.1 Å². The van der Waals surface area contributed by atoms with E-state index in [1.807, 2.05) is 0 Å². The average Bonchev–Trinajstić information content (AvgIpc) is 2.00. The minimum absolute atomic E-state index is 0.350. The Balaban J connectivity index is 3.27. The highest BCUT2D eigenvalue weighted by atomic mass is 16.3. The molecule has 0 unspecified atom stereocenters. The molecule has 0 saturated carbocycles. The summed E-state index contributed by atoms with van der Waals surface area (Å²) in [5.74, 6) is -1.23. The van der Waals surface area contributed by atoms with E-state index < -0.39 is 5.75 Å². The smallest absolute Gasteiger partial charge is 0.200 e. The molecule has 0 aliphatic carbocycles. The van der Waals surface area contributed by atoms with Gasteiger partial charge in [0, 0.05) is 11.6 Å². The Morgan fingerprint density at radius 2 is 1.75 bits per heavy atom. The molecule has 0 fully saturated rings. The zero-order chi connectivity index (χ0) is 9.30. The molecule has 0 amide bonds. The van der Waals surface area contributed by atoms with Crippen LogP contribution in [0.25, 0.3) is 0 Å². The van der Waals surface area contributed by atoms with Gasteiger partial charge in [-0.15, -0.1) is 0 Å². The van der Waals surface area contributed by atoms with E-state index in [4.69, 9.17) is 15.9 Å². The predicted octanol–water partition coefficient (Wildman–Crippen LogP) is 0.823. The van der Waals surface area contributed by atoms with E-state index in [1.165, 1.54) is 12.1 Å². The van der Waals surface area contributed by atoms with Crippen LogP contribution in [0.3, 0.4) is 0 Å². The monoisotopic (exact) mass is 169 g/mol. The largest absolute Gasteiger partial charge is 0.504 e. The number of phenols is 3. The maximum atomic E-state index is 9.26. The van der Waals surface area contributed by atoms with E-state index in [1.54, 1.807) is 6.92 Å². The molecule has 1 atom stereocenters. The topological polar surface area (TPSA) is 86.7 Å². The number of phenolic OH excluding ortho intramolecular Hbond substituents is 3. The Labute approximate surface area is 69.9 Å². The van der Waals surface area contributed by atoms with Gasteiger partial charge in [0.05, 0.1) is 0 Å². The summed E-state index contributed by atoms with van der Waals surface area (Å²) in [7, 11) is 0.